The van der Waals surface area contributed by atoms with Gasteiger partial charge in [0, 0.05) is 11.3 Å². The topological polar surface area (TPSA) is 106 Å². The van der Waals surface area contributed by atoms with Crippen LogP contribution in [0.15, 0.2) is 35.4 Å². The van der Waals surface area contributed by atoms with Crippen molar-refractivity contribution in [3.05, 3.63) is 47.3 Å². The van der Waals surface area contributed by atoms with E-state index in [-0.39, 0.29) is 12.5 Å². The molecule has 0 aliphatic heterocycles. The van der Waals surface area contributed by atoms with Gasteiger partial charge in [0.25, 0.3) is 5.91 Å². The molecule has 0 bridgehead atoms. The van der Waals surface area contributed by atoms with Crippen LogP contribution in [0.3, 0.4) is 0 Å². The van der Waals surface area contributed by atoms with Gasteiger partial charge in [0.15, 0.2) is 6.61 Å². The number of ether oxygens (including phenoxy) is 1. The van der Waals surface area contributed by atoms with E-state index in [1.165, 1.54) is 6.21 Å². The minimum absolute atomic E-state index is 0.0637. The summed E-state index contributed by atoms with van der Waals surface area (Å²) in [5, 5.41) is 16.7. The fourth-order valence-electron chi connectivity index (χ4n) is 2.04. The maximum atomic E-state index is 11.9. The van der Waals surface area contributed by atoms with Gasteiger partial charge in [0.2, 0.25) is 0 Å². The summed E-state index contributed by atoms with van der Waals surface area (Å²) in [4.78, 5) is 22.4. The van der Waals surface area contributed by atoms with Gasteiger partial charge < -0.3 is 9.84 Å². The quantitative estimate of drug-likeness (QED) is 0.584. The van der Waals surface area contributed by atoms with Crippen LogP contribution in [0.5, 0.6) is 5.75 Å². The number of nitrogens with one attached hydrogen (secondary N) is 1. The number of hydrogen-bond donors (Lipinski definition) is 2. The molecule has 0 atom stereocenters. The first kappa shape index (κ1) is 17.2. The van der Waals surface area contributed by atoms with Crippen molar-refractivity contribution in [2.75, 3.05) is 6.61 Å². The Labute approximate surface area is 138 Å². The van der Waals surface area contributed by atoms with Crippen LogP contribution >= 0.6 is 0 Å². The molecule has 8 nitrogen and oxygen atoms in total. The van der Waals surface area contributed by atoms with Crippen molar-refractivity contribution in [3.8, 4) is 5.75 Å². The lowest BCUT2D eigenvalue weighted by Crippen LogP contribution is -2.24. The Morgan fingerprint density at radius 3 is 2.79 bits per heavy atom. The summed E-state index contributed by atoms with van der Waals surface area (Å²) in [5.41, 5.74) is 4.70. The Bertz CT molecular complexity index is 767. The van der Waals surface area contributed by atoms with Crippen LogP contribution in [0.4, 0.5) is 0 Å². The normalized spacial score (nSPS) is 10.8. The van der Waals surface area contributed by atoms with Crippen molar-refractivity contribution < 1.29 is 19.4 Å². The smallest absolute Gasteiger partial charge is 0.341 e. The predicted molar refractivity (Wildman–Crippen MR) is 87.0 cm³/mol. The third-order valence-electron chi connectivity index (χ3n) is 3.06. The van der Waals surface area contributed by atoms with Crippen LogP contribution in [0, 0.1) is 13.8 Å². The van der Waals surface area contributed by atoms with Crippen molar-refractivity contribution in [1.29, 1.82) is 0 Å². The Morgan fingerprint density at radius 1 is 1.38 bits per heavy atom. The molecule has 1 aromatic heterocycles. The van der Waals surface area contributed by atoms with Crippen LogP contribution < -0.4 is 10.2 Å². The lowest BCUT2D eigenvalue weighted by atomic mass is 10.2. The molecule has 0 aliphatic rings. The zero-order valence-electron chi connectivity index (χ0n) is 13.4. The van der Waals surface area contributed by atoms with Gasteiger partial charge in [-0.3, -0.25) is 9.48 Å². The van der Waals surface area contributed by atoms with Crippen molar-refractivity contribution in [1.82, 2.24) is 15.2 Å². The molecular weight excluding hydrogens is 312 g/mol. The predicted octanol–water partition coefficient (Wildman–Crippen LogP) is 1.11. The Morgan fingerprint density at radius 2 is 2.12 bits per heavy atom. The fourth-order valence-corrected chi connectivity index (χ4v) is 2.04. The second kappa shape index (κ2) is 7.91. The molecule has 2 N–H and O–H groups in total. The Balaban J connectivity index is 1.95. The van der Waals surface area contributed by atoms with Gasteiger partial charge in [0.1, 0.15) is 12.3 Å². The number of hydrazone groups is 1. The highest BCUT2D eigenvalue weighted by molar-refractivity contribution is 5.85. The number of carboxylic acid groups (broad SMARTS) is 1. The van der Waals surface area contributed by atoms with E-state index >= 15 is 0 Å². The van der Waals surface area contributed by atoms with Crippen molar-refractivity contribution in [2.24, 2.45) is 5.10 Å². The highest BCUT2D eigenvalue weighted by Gasteiger charge is 2.07. The molecule has 0 saturated carbocycles. The summed E-state index contributed by atoms with van der Waals surface area (Å²) in [5.74, 6) is -1.02. The number of aryl methyl sites for hydroxylation is 2. The second-order valence-corrected chi connectivity index (χ2v) is 5.10. The largest absolute Gasteiger partial charge is 0.481 e. The third-order valence-corrected chi connectivity index (χ3v) is 3.06. The number of carbonyl (C=O) groups is 2. The van der Waals surface area contributed by atoms with E-state index in [0.717, 1.165) is 11.4 Å². The van der Waals surface area contributed by atoms with Gasteiger partial charge in [-0.25, -0.2) is 10.2 Å². The lowest BCUT2D eigenvalue weighted by Gasteiger charge is -2.06. The number of benzene rings is 1. The molecule has 0 fully saturated rings. The summed E-state index contributed by atoms with van der Waals surface area (Å²) >= 11 is 0. The number of nitrogens with zero attached hydrogens (tertiary/aromatic N) is 3. The van der Waals surface area contributed by atoms with E-state index in [4.69, 9.17) is 9.84 Å². The summed E-state index contributed by atoms with van der Waals surface area (Å²) in [6.07, 6.45) is 1.40. The van der Waals surface area contributed by atoms with Gasteiger partial charge in [0.05, 0.1) is 11.9 Å². The van der Waals surface area contributed by atoms with Crippen LogP contribution in [0.25, 0.3) is 0 Å². The summed E-state index contributed by atoms with van der Waals surface area (Å²) in [6.45, 7) is 3.34. The molecule has 2 rings (SSSR count). The Hall–Kier alpha value is -3.16. The molecule has 0 saturated heterocycles. The first-order chi connectivity index (χ1) is 11.5. The third kappa shape index (κ3) is 4.94. The number of carbonyl (C=O) groups excluding carboxylic acids is 1. The van der Waals surface area contributed by atoms with Gasteiger partial charge in [-0.1, -0.05) is 12.1 Å². The van der Waals surface area contributed by atoms with Crippen molar-refractivity contribution in [3.63, 3.8) is 0 Å². The SMILES string of the molecule is Cc1cc(C)n(CC(=O)N/N=C/c2ccccc2OCC(=O)O)n1. The molecule has 0 spiro atoms. The number of aliphatic carboxylic acids is 1. The molecule has 24 heavy (non-hydrogen) atoms. The van der Waals surface area contributed by atoms with Gasteiger partial charge in [-0.2, -0.15) is 10.2 Å². The zero-order chi connectivity index (χ0) is 17.5. The zero-order valence-corrected chi connectivity index (χ0v) is 13.4. The lowest BCUT2D eigenvalue weighted by molar-refractivity contribution is -0.139. The number of carboxylic acids is 1. The number of para-hydroxylation sites is 1. The van der Waals surface area contributed by atoms with Gasteiger partial charge in [-0.05, 0) is 32.0 Å². The highest BCUT2D eigenvalue weighted by Crippen LogP contribution is 2.15. The minimum atomic E-state index is -1.07. The molecule has 1 amide bonds. The summed E-state index contributed by atoms with van der Waals surface area (Å²) in [7, 11) is 0. The average molecular weight is 330 g/mol. The maximum Gasteiger partial charge on any atom is 0.341 e. The summed E-state index contributed by atoms with van der Waals surface area (Å²) in [6, 6.07) is 8.69. The number of hydrogen-bond acceptors (Lipinski definition) is 5. The number of amides is 1. The van der Waals surface area contributed by atoms with Crippen LogP contribution in [-0.4, -0.2) is 39.6 Å². The standard InChI is InChI=1S/C16H18N4O4/c1-11-7-12(2)20(19-11)9-15(21)18-17-8-13-5-3-4-6-14(13)24-10-16(22)23/h3-8H,9-10H2,1-2H3,(H,18,21)(H,22,23)/b17-8+. The van der Waals surface area contributed by atoms with E-state index in [1.807, 2.05) is 19.9 Å². The van der Waals surface area contributed by atoms with Crippen molar-refractivity contribution >= 4 is 18.1 Å². The van der Waals surface area contributed by atoms with E-state index in [0.29, 0.717) is 11.3 Å². The first-order valence-corrected chi connectivity index (χ1v) is 7.22. The van der Waals surface area contributed by atoms with Crippen LogP contribution in [0.1, 0.15) is 17.0 Å². The molecule has 0 radical (unpaired) electrons. The van der Waals surface area contributed by atoms with E-state index in [1.54, 1.807) is 28.9 Å². The molecular formula is C16H18N4O4. The molecule has 2 aromatic rings. The monoisotopic (exact) mass is 330 g/mol. The highest BCUT2D eigenvalue weighted by atomic mass is 16.5. The molecule has 0 aliphatic carbocycles. The molecule has 8 heteroatoms. The maximum absolute atomic E-state index is 11.9. The van der Waals surface area contributed by atoms with Gasteiger partial charge in [-0.15, -0.1) is 0 Å². The number of aromatic nitrogens is 2. The summed E-state index contributed by atoms with van der Waals surface area (Å²) < 4.78 is 6.74. The first-order valence-electron chi connectivity index (χ1n) is 7.22. The second-order valence-electron chi connectivity index (χ2n) is 5.10. The molecule has 0 unspecified atom stereocenters. The molecule has 1 aromatic carbocycles. The average Bonchev–Trinajstić information content (AvgIpc) is 2.83. The molecule has 126 valence electrons. The minimum Gasteiger partial charge on any atom is -0.481 e. The van der Waals surface area contributed by atoms with Crippen LogP contribution in [-0.2, 0) is 16.1 Å². The Kier molecular flexibility index (Phi) is 5.67. The molecule has 1 heterocycles. The van der Waals surface area contributed by atoms with Gasteiger partial charge >= 0.3 is 5.97 Å². The van der Waals surface area contributed by atoms with E-state index in [9.17, 15) is 9.59 Å². The van der Waals surface area contributed by atoms with Crippen LogP contribution in [0.2, 0.25) is 0 Å². The fraction of sp³-hybridized carbons (Fsp3) is 0.250. The van der Waals surface area contributed by atoms with Crippen molar-refractivity contribution in [2.45, 2.75) is 20.4 Å². The van der Waals surface area contributed by atoms with E-state index < -0.39 is 12.6 Å². The van der Waals surface area contributed by atoms with E-state index in [2.05, 4.69) is 15.6 Å². The number of rotatable bonds is 7.